The van der Waals surface area contributed by atoms with Gasteiger partial charge in [0.1, 0.15) is 0 Å². The van der Waals surface area contributed by atoms with E-state index in [0.717, 1.165) is 6.08 Å². The molecule has 0 saturated carbocycles. The minimum absolute atomic E-state index is 0.116. The lowest BCUT2D eigenvalue weighted by molar-refractivity contribution is -0.111. The molecule has 1 N–H and O–H groups in total. The molecule has 0 saturated heterocycles. The van der Waals surface area contributed by atoms with Crippen LogP contribution in [-0.2, 0) is 4.79 Å². The van der Waals surface area contributed by atoms with Crippen molar-refractivity contribution >= 4 is 29.3 Å². The maximum Gasteiger partial charge on any atom is 0.387 e. The molecule has 0 aliphatic rings. The number of nitrogens with one attached hydrogen (secondary N) is 1. The summed E-state index contributed by atoms with van der Waals surface area (Å²) in [6.45, 7) is -3.04. The van der Waals surface area contributed by atoms with E-state index in [1.807, 2.05) is 0 Å². The van der Waals surface area contributed by atoms with Crippen LogP contribution in [0.15, 0.2) is 36.4 Å². The number of amides is 1. The van der Waals surface area contributed by atoms with Crippen LogP contribution >= 0.6 is 11.6 Å². The summed E-state index contributed by atoms with van der Waals surface area (Å²) in [5.41, 5.74) is 0.539. The summed E-state index contributed by atoms with van der Waals surface area (Å²) in [6.07, 6.45) is 2.48. The zero-order valence-electron chi connectivity index (χ0n) is 15.3. The molecule has 6 nitrogen and oxygen atoms in total. The first-order valence-electron chi connectivity index (χ1n) is 7.92. The molecule has 2 aromatic rings. The second-order valence-corrected chi connectivity index (χ2v) is 5.67. The number of para-hydroxylation sites is 1. The Labute approximate surface area is 165 Å². The zero-order valence-corrected chi connectivity index (χ0v) is 16.0. The number of ether oxygens (including phenoxy) is 4. The van der Waals surface area contributed by atoms with E-state index in [1.165, 1.54) is 51.7 Å². The van der Waals surface area contributed by atoms with Crippen LogP contribution in [0.5, 0.6) is 23.0 Å². The summed E-state index contributed by atoms with van der Waals surface area (Å²) in [5, 5.41) is 2.82. The van der Waals surface area contributed by atoms with E-state index >= 15 is 0 Å². The lowest BCUT2D eigenvalue weighted by Gasteiger charge is -2.13. The number of anilines is 1. The topological polar surface area (TPSA) is 66.0 Å². The average molecular weight is 414 g/mol. The first-order valence-corrected chi connectivity index (χ1v) is 8.29. The lowest BCUT2D eigenvalue weighted by atomic mass is 10.1. The van der Waals surface area contributed by atoms with Crippen LogP contribution in [0.3, 0.4) is 0 Å². The standard InChI is InChI=1S/C19H18ClF2NO5/c1-25-14-6-4-5-11(18(14)28-19(21)22)7-8-17(24)23-13-10-16(27-3)15(26-2)9-12(13)20/h4-10,19H,1-3H3,(H,23,24)/b8-7+. The number of halogens is 3. The fourth-order valence-corrected chi connectivity index (χ4v) is 2.53. The molecule has 0 aromatic heterocycles. The van der Waals surface area contributed by atoms with Crippen molar-refractivity contribution in [2.45, 2.75) is 6.61 Å². The minimum Gasteiger partial charge on any atom is -0.493 e. The van der Waals surface area contributed by atoms with Gasteiger partial charge in [-0.3, -0.25) is 4.79 Å². The molecule has 0 atom stereocenters. The highest BCUT2D eigenvalue weighted by Gasteiger charge is 2.15. The molecule has 0 unspecified atom stereocenters. The molecule has 0 heterocycles. The van der Waals surface area contributed by atoms with Crippen molar-refractivity contribution in [1.29, 1.82) is 0 Å². The van der Waals surface area contributed by atoms with Crippen LogP contribution in [0.4, 0.5) is 14.5 Å². The second-order valence-electron chi connectivity index (χ2n) is 5.27. The molecule has 2 rings (SSSR count). The number of hydrogen-bond donors (Lipinski definition) is 1. The Bertz CT molecular complexity index is 874. The molecule has 0 aliphatic heterocycles. The van der Waals surface area contributed by atoms with Crippen LogP contribution in [0, 0.1) is 0 Å². The number of rotatable bonds is 8. The van der Waals surface area contributed by atoms with Gasteiger partial charge in [-0.2, -0.15) is 8.78 Å². The van der Waals surface area contributed by atoms with E-state index in [1.54, 1.807) is 6.07 Å². The molecule has 0 radical (unpaired) electrons. The molecule has 150 valence electrons. The Morgan fingerprint density at radius 2 is 1.71 bits per heavy atom. The molecule has 0 spiro atoms. The normalized spacial score (nSPS) is 10.8. The number of carbonyl (C=O) groups excluding carboxylic acids is 1. The van der Waals surface area contributed by atoms with E-state index in [2.05, 4.69) is 10.1 Å². The van der Waals surface area contributed by atoms with E-state index < -0.39 is 12.5 Å². The maximum atomic E-state index is 12.7. The van der Waals surface area contributed by atoms with E-state index in [9.17, 15) is 13.6 Å². The Balaban J connectivity index is 2.23. The van der Waals surface area contributed by atoms with Gasteiger partial charge >= 0.3 is 6.61 Å². The lowest BCUT2D eigenvalue weighted by Crippen LogP contribution is -2.09. The van der Waals surface area contributed by atoms with Gasteiger partial charge in [0.25, 0.3) is 0 Å². The van der Waals surface area contributed by atoms with Crippen LogP contribution in [0.25, 0.3) is 6.08 Å². The van der Waals surface area contributed by atoms with Crippen LogP contribution in [-0.4, -0.2) is 33.8 Å². The predicted molar refractivity (Wildman–Crippen MR) is 102 cm³/mol. The number of hydrogen-bond acceptors (Lipinski definition) is 5. The molecule has 0 fully saturated rings. The highest BCUT2D eigenvalue weighted by Crippen LogP contribution is 2.36. The van der Waals surface area contributed by atoms with E-state index in [0.29, 0.717) is 17.2 Å². The van der Waals surface area contributed by atoms with E-state index in [4.69, 9.17) is 25.8 Å². The maximum absolute atomic E-state index is 12.7. The molecule has 2 aromatic carbocycles. The SMILES string of the molecule is COc1cc(Cl)c(NC(=O)/C=C/c2cccc(OC)c2OC(F)F)cc1OC. The summed E-state index contributed by atoms with van der Waals surface area (Å²) >= 11 is 6.13. The number of methoxy groups -OCH3 is 3. The number of carbonyl (C=O) groups is 1. The molecular weight excluding hydrogens is 396 g/mol. The van der Waals surface area contributed by atoms with Crippen molar-refractivity contribution in [2.24, 2.45) is 0 Å². The third-order valence-electron chi connectivity index (χ3n) is 3.58. The summed E-state index contributed by atoms with van der Waals surface area (Å²) < 4.78 is 45.1. The fourth-order valence-electron chi connectivity index (χ4n) is 2.33. The van der Waals surface area contributed by atoms with Gasteiger partial charge in [0.15, 0.2) is 23.0 Å². The van der Waals surface area contributed by atoms with Crippen molar-refractivity contribution in [3.63, 3.8) is 0 Å². The molecule has 28 heavy (non-hydrogen) atoms. The third kappa shape index (κ3) is 5.26. The van der Waals surface area contributed by atoms with Gasteiger partial charge in [-0.05, 0) is 12.1 Å². The van der Waals surface area contributed by atoms with Gasteiger partial charge in [0.05, 0.1) is 32.0 Å². The monoisotopic (exact) mass is 413 g/mol. The zero-order chi connectivity index (χ0) is 20.7. The smallest absolute Gasteiger partial charge is 0.387 e. The fraction of sp³-hybridized carbons (Fsp3) is 0.211. The van der Waals surface area contributed by atoms with Gasteiger partial charge in [-0.1, -0.05) is 23.7 Å². The highest BCUT2D eigenvalue weighted by atomic mass is 35.5. The number of alkyl halides is 2. The summed E-state index contributed by atoms with van der Waals surface area (Å²) in [7, 11) is 4.24. The first kappa shape index (κ1) is 21.3. The Hall–Kier alpha value is -3.00. The molecule has 9 heteroatoms. The van der Waals surface area contributed by atoms with Crippen LogP contribution in [0.2, 0.25) is 5.02 Å². The van der Waals surface area contributed by atoms with Crippen LogP contribution < -0.4 is 24.3 Å². The molecule has 0 aliphatic carbocycles. The second kappa shape index (κ2) is 9.80. The average Bonchev–Trinajstić information content (AvgIpc) is 2.67. The van der Waals surface area contributed by atoms with Crippen molar-refractivity contribution in [2.75, 3.05) is 26.6 Å². The quantitative estimate of drug-likeness (QED) is 0.640. The first-order chi connectivity index (χ1) is 13.4. The minimum atomic E-state index is -3.04. The number of benzene rings is 2. The van der Waals surface area contributed by atoms with Crippen molar-refractivity contribution in [1.82, 2.24) is 0 Å². The molecule has 1 amide bonds. The van der Waals surface area contributed by atoms with Gasteiger partial charge in [-0.25, -0.2) is 0 Å². The molecule has 0 bridgehead atoms. The summed E-state index contributed by atoms with van der Waals surface area (Å²) in [6, 6.07) is 7.56. The molecular formula is C19H18ClF2NO5. The van der Waals surface area contributed by atoms with Crippen molar-refractivity contribution < 1.29 is 32.5 Å². The van der Waals surface area contributed by atoms with Gasteiger partial charge in [0, 0.05) is 23.8 Å². The Morgan fingerprint density at radius 1 is 1.07 bits per heavy atom. The largest absolute Gasteiger partial charge is 0.493 e. The Kier molecular flexibility index (Phi) is 7.45. The summed E-state index contributed by atoms with van der Waals surface area (Å²) in [4.78, 5) is 12.2. The van der Waals surface area contributed by atoms with Gasteiger partial charge in [0.2, 0.25) is 5.91 Å². The van der Waals surface area contributed by atoms with Gasteiger partial charge in [-0.15, -0.1) is 0 Å². The summed E-state index contributed by atoms with van der Waals surface area (Å²) in [5.74, 6) is 0.191. The predicted octanol–water partition coefficient (Wildman–Crippen LogP) is 4.62. The highest BCUT2D eigenvalue weighted by molar-refractivity contribution is 6.34. The van der Waals surface area contributed by atoms with Crippen molar-refractivity contribution in [3.8, 4) is 23.0 Å². The van der Waals surface area contributed by atoms with Crippen LogP contribution in [0.1, 0.15) is 5.56 Å². The van der Waals surface area contributed by atoms with Gasteiger partial charge < -0.3 is 24.3 Å². The van der Waals surface area contributed by atoms with E-state index in [-0.39, 0.29) is 22.1 Å². The van der Waals surface area contributed by atoms with Crippen molar-refractivity contribution in [3.05, 3.63) is 47.0 Å². The Morgan fingerprint density at radius 3 is 2.32 bits per heavy atom. The third-order valence-corrected chi connectivity index (χ3v) is 3.89.